The normalized spacial score (nSPS) is 34.8. The summed E-state index contributed by atoms with van der Waals surface area (Å²) in [6.45, 7) is 12.0. The van der Waals surface area contributed by atoms with E-state index in [2.05, 4.69) is 33.9 Å². The molecule has 0 aliphatic carbocycles. The molecule has 0 bridgehead atoms. The van der Waals surface area contributed by atoms with Gasteiger partial charge in [-0.3, -0.25) is 0 Å². The van der Waals surface area contributed by atoms with Gasteiger partial charge in [-0.1, -0.05) is 32.9 Å². The van der Waals surface area contributed by atoms with Gasteiger partial charge in [0.2, 0.25) is 0 Å². The van der Waals surface area contributed by atoms with E-state index in [1.165, 1.54) is 0 Å². The highest BCUT2D eigenvalue weighted by atomic mass is 28.4. The SMILES string of the molecule is CC(C)(C)[Si](C)(C)OC/C=C/C1OC1C1OC1CO. The van der Waals surface area contributed by atoms with Crippen LogP contribution in [0.25, 0.3) is 0 Å². The first-order valence-electron chi connectivity index (χ1n) is 6.98. The Morgan fingerprint density at radius 3 is 2.42 bits per heavy atom. The van der Waals surface area contributed by atoms with E-state index < -0.39 is 8.32 Å². The van der Waals surface area contributed by atoms with Gasteiger partial charge in [0, 0.05) is 0 Å². The van der Waals surface area contributed by atoms with Crippen LogP contribution in [0.5, 0.6) is 0 Å². The van der Waals surface area contributed by atoms with Gasteiger partial charge < -0.3 is 19.0 Å². The van der Waals surface area contributed by atoms with Crippen molar-refractivity contribution < 1.29 is 19.0 Å². The zero-order valence-corrected chi connectivity index (χ0v) is 13.6. The molecule has 110 valence electrons. The molecular weight excluding hydrogens is 260 g/mol. The number of hydrogen-bond acceptors (Lipinski definition) is 4. The Balaban J connectivity index is 1.66. The molecule has 2 fully saturated rings. The van der Waals surface area contributed by atoms with Crippen molar-refractivity contribution in [3.8, 4) is 0 Å². The van der Waals surface area contributed by atoms with E-state index in [-0.39, 0.29) is 36.1 Å². The molecule has 0 saturated carbocycles. The molecular formula is C14H26O4Si. The summed E-state index contributed by atoms with van der Waals surface area (Å²) in [5.74, 6) is 0. The molecule has 2 saturated heterocycles. The van der Waals surface area contributed by atoms with Crippen molar-refractivity contribution >= 4 is 8.32 Å². The van der Waals surface area contributed by atoms with Crippen LogP contribution in [0, 0.1) is 0 Å². The van der Waals surface area contributed by atoms with Crippen molar-refractivity contribution in [2.24, 2.45) is 0 Å². The lowest BCUT2D eigenvalue weighted by Gasteiger charge is -2.35. The molecule has 0 aromatic carbocycles. The van der Waals surface area contributed by atoms with Crippen molar-refractivity contribution in [2.45, 2.75) is 63.3 Å². The van der Waals surface area contributed by atoms with Crippen LogP contribution in [0.2, 0.25) is 18.1 Å². The number of aliphatic hydroxyl groups excluding tert-OH is 1. The zero-order valence-electron chi connectivity index (χ0n) is 12.6. The predicted octanol–water partition coefficient (Wildman–Crippen LogP) is 2.09. The lowest BCUT2D eigenvalue weighted by atomic mass is 10.2. The van der Waals surface area contributed by atoms with Gasteiger partial charge in [0.15, 0.2) is 8.32 Å². The maximum absolute atomic E-state index is 8.91. The van der Waals surface area contributed by atoms with Crippen LogP contribution in [0.15, 0.2) is 12.2 Å². The second-order valence-electron chi connectivity index (χ2n) is 6.89. The van der Waals surface area contributed by atoms with Crippen LogP contribution in [0.4, 0.5) is 0 Å². The smallest absolute Gasteiger partial charge is 0.192 e. The summed E-state index contributed by atoms with van der Waals surface area (Å²) in [6, 6.07) is 0. The molecule has 0 spiro atoms. The number of ether oxygens (including phenoxy) is 2. The molecule has 2 heterocycles. The van der Waals surface area contributed by atoms with Crippen LogP contribution >= 0.6 is 0 Å². The van der Waals surface area contributed by atoms with Crippen molar-refractivity contribution in [3.05, 3.63) is 12.2 Å². The molecule has 2 aliphatic rings. The van der Waals surface area contributed by atoms with Gasteiger partial charge >= 0.3 is 0 Å². The molecule has 4 nitrogen and oxygen atoms in total. The average molecular weight is 286 g/mol. The van der Waals surface area contributed by atoms with Gasteiger partial charge in [-0.15, -0.1) is 0 Å². The Morgan fingerprint density at radius 1 is 1.21 bits per heavy atom. The number of hydrogen-bond donors (Lipinski definition) is 1. The quantitative estimate of drug-likeness (QED) is 0.461. The van der Waals surface area contributed by atoms with Crippen molar-refractivity contribution in [3.63, 3.8) is 0 Å². The van der Waals surface area contributed by atoms with Gasteiger partial charge in [-0.25, -0.2) is 0 Å². The van der Waals surface area contributed by atoms with Crippen LogP contribution in [0.1, 0.15) is 20.8 Å². The van der Waals surface area contributed by atoms with Gasteiger partial charge in [0.1, 0.15) is 24.4 Å². The predicted molar refractivity (Wildman–Crippen MR) is 76.7 cm³/mol. The first-order valence-corrected chi connectivity index (χ1v) is 9.89. The molecule has 2 rings (SSSR count). The van der Waals surface area contributed by atoms with E-state index in [1.807, 2.05) is 12.2 Å². The van der Waals surface area contributed by atoms with Crippen LogP contribution in [0.3, 0.4) is 0 Å². The summed E-state index contributed by atoms with van der Waals surface area (Å²) in [6.07, 6.45) is 4.47. The lowest BCUT2D eigenvalue weighted by molar-refractivity contribution is 0.240. The van der Waals surface area contributed by atoms with E-state index in [0.29, 0.717) is 6.61 Å². The lowest BCUT2D eigenvalue weighted by Crippen LogP contribution is -2.40. The molecule has 0 aromatic rings. The topological polar surface area (TPSA) is 54.5 Å². The Kier molecular flexibility index (Phi) is 4.23. The highest BCUT2D eigenvalue weighted by molar-refractivity contribution is 6.74. The minimum absolute atomic E-state index is 0.00752. The highest BCUT2D eigenvalue weighted by Crippen LogP contribution is 2.39. The summed E-state index contributed by atoms with van der Waals surface area (Å²) in [5, 5.41) is 9.15. The van der Waals surface area contributed by atoms with E-state index in [9.17, 15) is 0 Å². The van der Waals surface area contributed by atoms with Crippen LogP contribution < -0.4 is 0 Å². The minimum atomic E-state index is -1.65. The van der Waals surface area contributed by atoms with Gasteiger partial charge in [0.05, 0.1) is 13.2 Å². The molecule has 1 N–H and O–H groups in total. The molecule has 0 aromatic heterocycles. The maximum Gasteiger partial charge on any atom is 0.192 e. The van der Waals surface area contributed by atoms with Crippen molar-refractivity contribution in [1.82, 2.24) is 0 Å². The van der Waals surface area contributed by atoms with Crippen LogP contribution in [-0.4, -0.2) is 51.1 Å². The number of aliphatic hydroxyl groups is 1. The fourth-order valence-electron chi connectivity index (χ4n) is 1.81. The summed E-state index contributed by atoms with van der Waals surface area (Å²) < 4.78 is 16.8. The monoisotopic (exact) mass is 286 g/mol. The number of epoxide rings is 2. The Labute approximate surface area is 116 Å². The van der Waals surface area contributed by atoms with E-state index in [0.717, 1.165) is 0 Å². The summed E-state index contributed by atoms with van der Waals surface area (Å²) >= 11 is 0. The summed E-state index contributed by atoms with van der Waals surface area (Å²) in [5.41, 5.74) is 0. The van der Waals surface area contributed by atoms with Gasteiger partial charge in [-0.2, -0.15) is 0 Å². The molecule has 0 radical (unpaired) electrons. The first kappa shape index (κ1) is 15.2. The Hall–Kier alpha value is -0.203. The zero-order chi connectivity index (χ0) is 14.3. The van der Waals surface area contributed by atoms with Crippen molar-refractivity contribution in [1.29, 1.82) is 0 Å². The minimum Gasteiger partial charge on any atom is -0.413 e. The third kappa shape index (κ3) is 3.67. The van der Waals surface area contributed by atoms with Gasteiger partial charge in [0.25, 0.3) is 0 Å². The largest absolute Gasteiger partial charge is 0.413 e. The van der Waals surface area contributed by atoms with E-state index in [4.69, 9.17) is 19.0 Å². The third-order valence-electron chi connectivity index (χ3n) is 4.36. The van der Waals surface area contributed by atoms with E-state index >= 15 is 0 Å². The first-order chi connectivity index (χ1) is 8.76. The second kappa shape index (κ2) is 5.29. The fraction of sp³-hybridized carbons (Fsp3) is 0.857. The Morgan fingerprint density at radius 2 is 1.89 bits per heavy atom. The third-order valence-corrected chi connectivity index (χ3v) is 8.86. The van der Waals surface area contributed by atoms with E-state index in [1.54, 1.807) is 0 Å². The molecule has 5 heteroatoms. The molecule has 19 heavy (non-hydrogen) atoms. The van der Waals surface area contributed by atoms with Crippen molar-refractivity contribution in [2.75, 3.05) is 13.2 Å². The molecule has 2 aliphatic heterocycles. The molecule has 4 unspecified atom stereocenters. The standard InChI is InChI=1S/C14H26O4Si/c1-14(2,3)19(4,5)16-8-6-7-10-12(17-10)13-11(9-15)18-13/h6-7,10-13,15H,8-9H2,1-5H3/b7-6+. The average Bonchev–Trinajstić information content (AvgIpc) is 3.16. The second-order valence-corrected chi connectivity index (χ2v) is 11.7. The fourth-order valence-corrected chi connectivity index (χ4v) is 2.76. The molecule has 0 amide bonds. The maximum atomic E-state index is 8.91. The molecule has 4 atom stereocenters. The highest BCUT2D eigenvalue weighted by Gasteiger charge is 2.56. The summed E-state index contributed by atoms with van der Waals surface area (Å²) in [4.78, 5) is 0. The Bertz CT molecular complexity index is 348. The van der Waals surface area contributed by atoms with Crippen LogP contribution in [-0.2, 0) is 13.9 Å². The van der Waals surface area contributed by atoms with Gasteiger partial charge in [-0.05, 0) is 18.1 Å². The number of rotatable bonds is 6. The summed E-state index contributed by atoms with van der Waals surface area (Å²) in [7, 11) is -1.65.